The van der Waals surface area contributed by atoms with Gasteiger partial charge < -0.3 is 5.11 Å². The summed E-state index contributed by atoms with van der Waals surface area (Å²) in [5, 5.41) is 9.07. The van der Waals surface area contributed by atoms with Gasteiger partial charge in [0.05, 0.1) is 12.4 Å². The topological polar surface area (TPSA) is 91.8 Å². The molecule has 0 aliphatic rings. The number of aliphatic hydroxyl groups excluding tert-OH is 1. The first-order chi connectivity index (χ1) is 8.58. The van der Waals surface area contributed by atoms with Gasteiger partial charge in [0.2, 0.25) is 0 Å². The molecule has 0 aromatic carbocycles. The first-order valence-corrected chi connectivity index (χ1v) is 9.74. The molecule has 1 aromatic heterocycles. The van der Waals surface area contributed by atoms with Crippen molar-refractivity contribution in [2.45, 2.75) is 17.7 Å². The van der Waals surface area contributed by atoms with Crippen LogP contribution in [0.4, 0.5) is 0 Å². The van der Waals surface area contributed by atoms with Crippen molar-refractivity contribution in [1.82, 2.24) is 4.31 Å². The van der Waals surface area contributed by atoms with Crippen LogP contribution in [-0.2, 0) is 26.5 Å². The summed E-state index contributed by atoms with van der Waals surface area (Å²) in [6.07, 6.45) is 1.06. The SMILES string of the molecule is Cc1cc(S(=O)(=O)N(C)CCS(C)(=O)=O)sc1CO. The summed E-state index contributed by atoms with van der Waals surface area (Å²) < 4.78 is 47.6. The Balaban J connectivity index is 2.96. The normalized spacial score (nSPS) is 13.1. The molecule has 0 atom stereocenters. The van der Waals surface area contributed by atoms with Crippen LogP contribution in [-0.4, -0.2) is 51.8 Å². The van der Waals surface area contributed by atoms with E-state index < -0.39 is 19.9 Å². The lowest BCUT2D eigenvalue weighted by Crippen LogP contribution is -2.31. The highest BCUT2D eigenvalue weighted by atomic mass is 32.2. The molecule has 1 aromatic rings. The highest BCUT2D eigenvalue weighted by molar-refractivity contribution is 7.91. The van der Waals surface area contributed by atoms with Gasteiger partial charge in [0, 0.05) is 24.7 Å². The Morgan fingerprint density at radius 2 is 1.89 bits per heavy atom. The van der Waals surface area contributed by atoms with Gasteiger partial charge in [0.25, 0.3) is 10.0 Å². The summed E-state index contributed by atoms with van der Waals surface area (Å²) in [6.45, 7) is 1.42. The molecule has 0 fully saturated rings. The van der Waals surface area contributed by atoms with E-state index in [0.29, 0.717) is 10.4 Å². The number of aryl methyl sites for hydroxylation is 1. The summed E-state index contributed by atoms with van der Waals surface area (Å²) >= 11 is 0.999. The van der Waals surface area contributed by atoms with E-state index >= 15 is 0 Å². The second-order valence-corrected chi connectivity index (χ2v) is 9.95. The summed E-state index contributed by atoms with van der Waals surface area (Å²) in [5.74, 6) is -0.222. The molecule has 1 N–H and O–H groups in total. The van der Waals surface area contributed by atoms with Crippen LogP contribution in [0.25, 0.3) is 0 Å². The van der Waals surface area contributed by atoms with Crippen molar-refractivity contribution in [3.8, 4) is 0 Å². The fourth-order valence-corrected chi connectivity index (χ4v) is 4.89. The monoisotopic (exact) mass is 327 g/mol. The fraction of sp³-hybridized carbons (Fsp3) is 0.600. The molecule has 1 rings (SSSR count). The second-order valence-electron chi connectivity index (χ2n) is 4.29. The minimum absolute atomic E-state index is 0.0907. The molecule has 0 bridgehead atoms. The number of rotatable bonds is 6. The molecule has 0 saturated carbocycles. The quantitative estimate of drug-likeness (QED) is 0.806. The first kappa shape index (κ1) is 16.6. The zero-order chi connectivity index (χ0) is 14.8. The maximum Gasteiger partial charge on any atom is 0.252 e. The Morgan fingerprint density at radius 3 is 2.32 bits per heavy atom. The van der Waals surface area contributed by atoms with Gasteiger partial charge in [-0.1, -0.05) is 0 Å². The smallest absolute Gasteiger partial charge is 0.252 e. The van der Waals surface area contributed by atoms with E-state index in [9.17, 15) is 16.8 Å². The predicted octanol–water partition coefficient (Wildman–Crippen LogP) is 0.214. The van der Waals surface area contributed by atoms with Gasteiger partial charge in [-0.05, 0) is 18.6 Å². The lowest BCUT2D eigenvalue weighted by molar-refractivity contribution is 0.285. The van der Waals surface area contributed by atoms with Crippen molar-refractivity contribution in [3.63, 3.8) is 0 Å². The van der Waals surface area contributed by atoms with Crippen LogP contribution < -0.4 is 0 Å². The summed E-state index contributed by atoms with van der Waals surface area (Å²) in [5.41, 5.74) is 0.711. The third-order valence-electron chi connectivity index (χ3n) is 2.58. The zero-order valence-electron chi connectivity index (χ0n) is 11.0. The van der Waals surface area contributed by atoms with Gasteiger partial charge >= 0.3 is 0 Å². The standard InChI is InChI=1S/C10H17NO5S3/c1-8-6-10(17-9(8)7-12)19(15,16)11(2)4-5-18(3,13)14/h6,12H,4-5,7H2,1-3H3. The van der Waals surface area contributed by atoms with Crippen LogP contribution in [0.15, 0.2) is 10.3 Å². The van der Waals surface area contributed by atoms with E-state index in [4.69, 9.17) is 5.11 Å². The van der Waals surface area contributed by atoms with Gasteiger partial charge in [-0.3, -0.25) is 0 Å². The van der Waals surface area contributed by atoms with E-state index in [1.165, 1.54) is 13.1 Å². The Morgan fingerprint density at radius 1 is 1.32 bits per heavy atom. The Kier molecular flexibility index (Phi) is 5.13. The van der Waals surface area contributed by atoms with Gasteiger partial charge in [-0.25, -0.2) is 16.8 Å². The van der Waals surface area contributed by atoms with Crippen LogP contribution in [0.5, 0.6) is 0 Å². The number of hydrogen-bond donors (Lipinski definition) is 1. The van der Waals surface area contributed by atoms with Crippen LogP contribution in [0.1, 0.15) is 10.4 Å². The van der Waals surface area contributed by atoms with Crippen LogP contribution in [0, 0.1) is 6.92 Å². The molecular formula is C10H17NO5S3. The Hall–Kier alpha value is -0.480. The average Bonchev–Trinajstić information content (AvgIpc) is 2.66. The predicted molar refractivity (Wildman–Crippen MR) is 74.5 cm³/mol. The molecule has 0 unspecified atom stereocenters. The number of nitrogens with zero attached hydrogens (tertiary/aromatic N) is 1. The number of aliphatic hydroxyl groups is 1. The van der Waals surface area contributed by atoms with Crippen LogP contribution >= 0.6 is 11.3 Å². The van der Waals surface area contributed by atoms with Crippen molar-refractivity contribution in [3.05, 3.63) is 16.5 Å². The highest BCUT2D eigenvalue weighted by Crippen LogP contribution is 2.27. The average molecular weight is 327 g/mol. The van der Waals surface area contributed by atoms with Gasteiger partial charge in [0.15, 0.2) is 0 Å². The molecule has 1 heterocycles. The molecular weight excluding hydrogens is 310 g/mol. The Labute approximate surface area is 117 Å². The van der Waals surface area contributed by atoms with Gasteiger partial charge in [0.1, 0.15) is 14.0 Å². The summed E-state index contributed by atoms with van der Waals surface area (Å²) in [6, 6.07) is 1.49. The van der Waals surface area contributed by atoms with Crippen molar-refractivity contribution >= 4 is 31.2 Å². The van der Waals surface area contributed by atoms with Crippen LogP contribution in [0.2, 0.25) is 0 Å². The van der Waals surface area contributed by atoms with Crippen molar-refractivity contribution in [2.75, 3.05) is 25.6 Å². The molecule has 19 heavy (non-hydrogen) atoms. The van der Waals surface area contributed by atoms with Crippen LogP contribution in [0.3, 0.4) is 0 Å². The maximum absolute atomic E-state index is 12.2. The second kappa shape index (κ2) is 5.88. The molecule has 0 saturated heterocycles. The molecule has 9 heteroatoms. The molecule has 110 valence electrons. The van der Waals surface area contributed by atoms with Gasteiger partial charge in [-0.2, -0.15) is 4.31 Å². The number of thiophene rings is 1. The lowest BCUT2D eigenvalue weighted by atomic mass is 10.3. The minimum atomic E-state index is -3.70. The molecule has 0 aliphatic heterocycles. The molecule has 0 radical (unpaired) electrons. The number of sulfonamides is 1. The fourth-order valence-electron chi connectivity index (χ4n) is 1.34. The van der Waals surface area contributed by atoms with Crippen molar-refractivity contribution < 1.29 is 21.9 Å². The minimum Gasteiger partial charge on any atom is -0.391 e. The lowest BCUT2D eigenvalue weighted by Gasteiger charge is -2.15. The molecule has 0 aliphatic carbocycles. The molecule has 6 nitrogen and oxygen atoms in total. The highest BCUT2D eigenvalue weighted by Gasteiger charge is 2.24. The van der Waals surface area contributed by atoms with E-state index in [1.54, 1.807) is 6.92 Å². The summed E-state index contributed by atoms with van der Waals surface area (Å²) in [4.78, 5) is 0.593. The van der Waals surface area contributed by atoms with E-state index in [0.717, 1.165) is 21.9 Å². The summed E-state index contributed by atoms with van der Waals surface area (Å²) in [7, 11) is -5.57. The van der Waals surface area contributed by atoms with Crippen molar-refractivity contribution in [1.29, 1.82) is 0 Å². The maximum atomic E-state index is 12.2. The first-order valence-electron chi connectivity index (χ1n) is 5.42. The van der Waals surface area contributed by atoms with E-state index in [1.807, 2.05) is 0 Å². The number of sulfone groups is 1. The number of hydrogen-bond acceptors (Lipinski definition) is 6. The molecule has 0 spiro atoms. The van der Waals surface area contributed by atoms with E-state index in [-0.39, 0.29) is 23.1 Å². The third kappa shape index (κ3) is 4.25. The Bertz CT molecular complexity index is 645. The molecule has 0 amide bonds. The zero-order valence-corrected chi connectivity index (χ0v) is 13.4. The van der Waals surface area contributed by atoms with Gasteiger partial charge in [-0.15, -0.1) is 11.3 Å². The largest absolute Gasteiger partial charge is 0.391 e. The van der Waals surface area contributed by atoms with E-state index in [2.05, 4.69) is 0 Å². The van der Waals surface area contributed by atoms with Crippen molar-refractivity contribution in [2.24, 2.45) is 0 Å². The third-order valence-corrected chi connectivity index (χ3v) is 7.04.